The van der Waals surface area contributed by atoms with Gasteiger partial charge < -0.3 is 19.5 Å². The lowest BCUT2D eigenvalue weighted by Crippen LogP contribution is -2.41. The third-order valence-corrected chi connectivity index (χ3v) is 4.40. The molecule has 1 amide bonds. The fourth-order valence-electron chi connectivity index (χ4n) is 3.14. The number of hydrogen-bond donors (Lipinski definition) is 1. The molecule has 26 heavy (non-hydrogen) atoms. The van der Waals surface area contributed by atoms with Gasteiger partial charge in [-0.25, -0.2) is 4.39 Å². The van der Waals surface area contributed by atoms with Crippen LogP contribution < -0.4 is 19.5 Å². The van der Waals surface area contributed by atoms with Gasteiger partial charge in [-0.05, 0) is 44.2 Å². The van der Waals surface area contributed by atoms with Crippen LogP contribution in [0.2, 0.25) is 0 Å². The van der Waals surface area contributed by atoms with Gasteiger partial charge in [0.1, 0.15) is 17.1 Å². The van der Waals surface area contributed by atoms with Crippen LogP contribution in [0, 0.1) is 5.82 Å². The normalized spacial score (nSPS) is 17.7. The second kappa shape index (κ2) is 6.86. The van der Waals surface area contributed by atoms with Crippen LogP contribution in [0.5, 0.6) is 17.2 Å². The molecular weight excluding hydrogens is 337 g/mol. The van der Waals surface area contributed by atoms with E-state index in [0.29, 0.717) is 17.9 Å². The quantitative estimate of drug-likeness (QED) is 0.900. The molecular formula is C20H22FNO4. The maximum Gasteiger partial charge on any atom is 0.251 e. The van der Waals surface area contributed by atoms with Crippen LogP contribution in [0.1, 0.15) is 42.2 Å². The Morgan fingerprint density at radius 2 is 1.96 bits per heavy atom. The maximum atomic E-state index is 13.9. The average Bonchev–Trinajstić information content (AvgIpc) is 2.60. The zero-order valence-corrected chi connectivity index (χ0v) is 15.3. The monoisotopic (exact) mass is 359 g/mol. The molecule has 0 spiro atoms. The Hall–Kier alpha value is -2.76. The second-order valence-electron chi connectivity index (χ2n) is 6.85. The van der Waals surface area contributed by atoms with E-state index in [1.165, 1.54) is 25.3 Å². The number of halogens is 1. The van der Waals surface area contributed by atoms with Gasteiger partial charge in [0.15, 0.2) is 11.6 Å². The highest BCUT2D eigenvalue weighted by Crippen LogP contribution is 2.41. The summed E-state index contributed by atoms with van der Waals surface area (Å²) in [5.41, 5.74) is 0.651. The number of rotatable bonds is 4. The summed E-state index contributed by atoms with van der Waals surface area (Å²) in [6.45, 7) is 3.92. The first-order chi connectivity index (χ1) is 12.3. The van der Waals surface area contributed by atoms with Crippen LogP contribution in [0.15, 0.2) is 36.4 Å². The van der Waals surface area contributed by atoms with Crippen molar-refractivity contribution in [2.75, 3.05) is 14.2 Å². The van der Waals surface area contributed by atoms with Crippen molar-refractivity contribution < 1.29 is 23.4 Å². The summed E-state index contributed by atoms with van der Waals surface area (Å²) in [7, 11) is 2.97. The lowest BCUT2D eigenvalue weighted by molar-refractivity contribution is 0.0617. The van der Waals surface area contributed by atoms with Crippen molar-refractivity contribution >= 4 is 5.91 Å². The molecule has 0 unspecified atom stereocenters. The van der Waals surface area contributed by atoms with Gasteiger partial charge in [0.05, 0.1) is 20.3 Å². The van der Waals surface area contributed by atoms with Crippen LogP contribution in [-0.2, 0) is 0 Å². The van der Waals surface area contributed by atoms with Gasteiger partial charge in [0.25, 0.3) is 5.91 Å². The SMILES string of the molecule is COc1ccc2c(c1)OC(C)(C)C[C@@H]2NC(=O)c1ccc(OC)c(F)c1. The number of benzene rings is 2. The molecule has 1 aliphatic rings. The maximum absolute atomic E-state index is 13.9. The number of carbonyl (C=O) groups excluding carboxylic acids is 1. The first-order valence-corrected chi connectivity index (χ1v) is 8.34. The Kier molecular flexibility index (Phi) is 4.76. The molecule has 2 aromatic rings. The molecule has 1 atom stereocenters. The summed E-state index contributed by atoms with van der Waals surface area (Å²) in [6.07, 6.45) is 0.594. The van der Waals surface area contributed by atoms with Gasteiger partial charge in [0.2, 0.25) is 0 Å². The van der Waals surface area contributed by atoms with E-state index in [2.05, 4.69) is 5.32 Å². The topological polar surface area (TPSA) is 56.8 Å². The largest absolute Gasteiger partial charge is 0.497 e. The van der Waals surface area contributed by atoms with Gasteiger partial charge in [-0.15, -0.1) is 0 Å². The van der Waals surface area contributed by atoms with E-state index in [4.69, 9.17) is 14.2 Å². The minimum Gasteiger partial charge on any atom is -0.497 e. The van der Waals surface area contributed by atoms with Crippen LogP contribution in [0.4, 0.5) is 4.39 Å². The van der Waals surface area contributed by atoms with Gasteiger partial charge in [0, 0.05) is 23.6 Å². The summed E-state index contributed by atoms with van der Waals surface area (Å²) in [5.74, 6) is 0.537. The van der Waals surface area contributed by atoms with E-state index in [-0.39, 0.29) is 23.3 Å². The highest BCUT2D eigenvalue weighted by molar-refractivity contribution is 5.94. The Labute approximate surface area is 152 Å². The van der Waals surface area contributed by atoms with Crippen LogP contribution in [0.25, 0.3) is 0 Å². The first kappa shape index (κ1) is 18.0. The van der Waals surface area contributed by atoms with Crippen molar-refractivity contribution in [3.05, 3.63) is 53.3 Å². The molecule has 1 N–H and O–H groups in total. The summed E-state index contributed by atoms with van der Waals surface area (Å²) >= 11 is 0. The summed E-state index contributed by atoms with van der Waals surface area (Å²) in [5, 5.41) is 2.98. The summed E-state index contributed by atoms with van der Waals surface area (Å²) in [6, 6.07) is 9.41. The highest BCUT2D eigenvalue weighted by atomic mass is 19.1. The van der Waals surface area contributed by atoms with Gasteiger partial charge in [-0.1, -0.05) is 0 Å². The standard InChI is InChI=1S/C20H22FNO4/c1-20(2)11-16(14-7-6-13(24-3)10-18(14)26-20)22-19(23)12-5-8-17(25-4)15(21)9-12/h5-10,16H,11H2,1-4H3,(H,22,23)/t16-/m0/s1. The van der Waals surface area contributed by atoms with Crippen molar-refractivity contribution in [1.29, 1.82) is 0 Å². The molecule has 0 bridgehead atoms. The van der Waals surface area contributed by atoms with E-state index in [9.17, 15) is 9.18 Å². The molecule has 3 rings (SSSR count). The molecule has 5 nitrogen and oxygen atoms in total. The lowest BCUT2D eigenvalue weighted by Gasteiger charge is -2.38. The molecule has 2 aromatic carbocycles. The lowest BCUT2D eigenvalue weighted by atomic mass is 9.89. The zero-order valence-electron chi connectivity index (χ0n) is 15.3. The minimum atomic E-state index is -0.572. The summed E-state index contributed by atoms with van der Waals surface area (Å²) < 4.78 is 30.1. The van der Waals surface area contributed by atoms with Gasteiger partial charge in [-0.2, -0.15) is 0 Å². The summed E-state index contributed by atoms with van der Waals surface area (Å²) in [4.78, 5) is 12.6. The van der Waals surface area contributed by atoms with Crippen molar-refractivity contribution in [3.8, 4) is 17.2 Å². The number of ether oxygens (including phenoxy) is 3. The smallest absolute Gasteiger partial charge is 0.251 e. The van der Waals surface area contributed by atoms with Crippen molar-refractivity contribution in [2.45, 2.75) is 31.9 Å². The van der Waals surface area contributed by atoms with Gasteiger partial charge >= 0.3 is 0 Å². The fraction of sp³-hybridized carbons (Fsp3) is 0.350. The molecule has 1 heterocycles. The van der Waals surface area contributed by atoms with E-state index in [1.54, 1.807) is 7.11 Å². The first-order valence-electron chi connectivity index (χ1n) is 8.34. The van der Waals surface area contributed by atoms with E-state index in [1.807, 2.05) is 32.0 Å². The molecule has 0 saturated heterocycles. The third-order valence-electron chi connectivity index (χ3n) is 4.40. The van der Waals surface area contributed by atoms with E-state index < -0.39 is 11.4 Å². The predicted octanol–water partition coefficient (Wildman–Crippen LogP) is 3.88. The number of hydrogen-bond acceptors (Lipinski definition) is 4. The van der Waals surface area contributed by atoms with E-state index >= 15 is 0 Å². The Bertz CT molecular complexity index is 835. The van der Waals surface area contributed by atoms with Crippen molar-refractivity contribution in [3.63, 3.8) is 0 Å². The number of nitrogens with one attached hydrogen (secondary N) is 1. The van der Waals surface area contributed by atoms with Crippen LogP contribution in [0.3, 0.4) is 0 Å². The molecule has 0 aliphatic carbocycles. The Balaban J connectivity index is 1.87. The third kappa shape index (κ3) is 3.59. The molecule has 0 aromatic heterocycles. The highest BCUT2D eigenvalue weighted by Gasteiger charge is 2.35. The number of fused-ring (bicyclic) bond motifs is 1. The van der Waals surface area contributed by atoms with Crippen molar-refractivity contribution in [1.82, 2.24) is 5.32 Å². The van der Waals surface area contributed by atoms with Crippen LogP contribution in [-0.4, -0.2) is 25.7 Å². The Morgan fingerprint density at radius 3 is 2.62 bits per heavy atom. The number of carbonyl (C=O) groups is 1. The molecule has 138 valence electrons. The number of methoxy groups -OCH3 is 2. The van der Waals surface area contributed by atoms with Gasteiger partial charge in [-0.3, -0.25) is 4.79 Å². The fourth-order valence-corrected chi connectivity index (χ4v) is 3.14. The predicted molar refractivity (Wildman–Crippen MR) is 95.5 cm³/mol. The molecule has 0 fully saturated rings. The minimum absolute atomic E-state index is 0.103. The molecule has 0 radical (unpaired) electrons. The van der Waals surface area contributed by atoms with E-state index in [0.717, 1.165) is 5.56 Å². The van der Waals surface area contributed by atoms with Crippen LogP contribution >= 0.6 is 0 Å². The molecule has 1 aliphatic heterocycles. The van der Waals surface area contributed by atoms with Crippen molar-refractivity contribution in [2.24, 2.45) is 0 Å². The second-order valence-corrected chi connectivity index (χ2v) is 6.85. The Morgan fingerprint density at radius 1 is 1.19 bits per heavy atom. The zero-order chi connectivity index (χ0) is 18.9. The molecule has 0 saturated carbocycles. The number of amides is 1. The average molecular weight is 359 g/mol. The molecule has 6 heteroatoms.